The molecule has 1 atom stereocenters. The van der Waals surface area contributed by atoms with Gasteiger partial charge < -0.3 is 10.5 Å². The molecule has 1 aromatic rings. The van der Waals surface area contributed by atoms with Gasteiger partial charge in [-0.2, -0.15) is 0 Å². The van der Waals surface area contributed by atoms with Crippen LogP contribution in [0.4, 0.5) is 5.82 Å². The zero-order chi connectivity index (χ0) is 13.5. The molecule has 1 aromatic heterocycles. The molecule has 1 unspecified atom stereocenters. The van der Waals surface area contributed by atoms with E-state index in [2.05, 4.69) is 16.0 Å². The van der Waals surface area contributed by atoms with Gasteiger partial charge in [0.1, 0.15) is 5.82 Å². The molecule has 2 heterocycles. The molecule has 1 saturated heterocycles. The number of nitrogen functional groups attached to an aromatic ring is 1. The predicted octanol–water partition coefficient (Wildman–Crippen LogP) is 2.30. The second kappa shape index (κ2) is 7.46. The Morgan fingerprint density at radius 3 is 3.21 bits per heavy atom. The second-order valence-electron chi connectivity index (χ2n) is 5.43. The minimum atomic E-state index is 0.670. The van der Waals surface area contributed by atoms with Crippen LogP contribution in [0.1, 0.15) is 31.2 Å². The van der Waals surface area contributed by atoms with Gasteiger partial charge in [-0.15, -0.1) is 0 Å². The van der Waals surface area contributed by atoms with E-state index in [1.165, 1.54) is 38.8 Å². The van der Waals surface area contributed by atoms with Gasteiger partial charge in [0.2, 0.25) is 0 Å². The van der Waals surface area contributed by atoms with Crippen LogP contribution in [-0.2, 0) is 11.3 Å². The molecular weight excluding hydrogens is 238 g/mol. The van der Waals surface area contributed by atoms with Crippen molar-refractivity contribution in [1.82, 2.24) is 9.88 Å². The molecule has 106 valence electrons. The Bertz CT molecular complexity index is 383. The van der Waals surface area contributed by atoms with E-state index in [-0.39, 0.29) is 0 Å². The van der Waals surface area contributed by atoms with Crippen LogP contribution in [0.25, 0.3) is 0 Å². The second-order valence-corrected chi connectivity index (χ2v) is 5.43. The fourth-order valence-corrected chi connectivity index (χ4v) is 2.87. The summed E-state index contributed by atoms with van der Waals surface area (Å²) in [6, 6.07) is 4.04. The SMILES string of the molecule is COCCCC1CCCN(Cc2cccnc2N)C1. The summed E-state index contributed by atoms with van der Waals surface area (Å²) in [5.41, 5.74) is 7.07. The molecule has 19 heavy (non-hydrogen) atoms. The van der Waals surface area contributed by atoms with Gasteiger partial charge in [-0.3, -0.25) is 4.90 Å². The van der Waals surface area contributed by atoms with E-state index in [9.17, 15) is 0 Å². The summed E-state index contributed by atoms with van der Waals surface area (Å²) in [6.07, 6.45) is 6.83. The van der Waals surface area contributed by atoms with Crippen LogP contribution in [0.2, 0.25) is 0 Å². The van der Waals surface area contributed by atoms with Gasteiger partial charge in [0.25, 0.3) is 0 Å². The van der Waals surface area contributed by atoms with Crippen LogP contribution in [0, 0.1) is 5.92 Å². The molecule has 0 aromatic carbocycles. The lowest BCUT2D eigenvalue weighted by molar-refractivity contribution is 0.143. The van der Waals surface area contributed by atoms with E-state index in [4.69, 9.17) is 10.5 Å². The lowest BCUT2D eigenvalue weighted by atomic mass is 9.93. The Morgan fingerprint density at radius 1 is 1.53 bits per heavy atom. The van der Waals surface area contributed by atoms with E-state index in [1.807, 2.05) is 6.07 Å². The van der Waals surface area contributed by atoms with Gasteiger partial charge in [-0.1, -0.05) is 6.07 Å². The van der Waals surface area contributed by atoms with Crippen molar-refractivity contribution < 1.29 is 4.74 Å². The average molecular weight is 263 g/mol. The van der Waals surface area contributed by atoms with Gasteiger partial charge in [-0.25, -0.2) is 4.98 Å². The first-order chi connectivity index (χ1) is 9.29. The minimum absolute atomic E-state index is 0.670. The third kappa shape index (κ3) is 4.48. The van der Waals surface area contributed by atoms with Gasteiger partial charge in [0.05, 0.1) is 0 Å². The summed E-state index contributed by atoms with van der Waals surface area (Å²) in [4.78, 5) is 6.67. The molecule has 1 fully saturated rings. The first kappa shape index (κ1) is 14.3. The quantitative estimate of drug-likeness (QED) is 0.800. The Hall–Kier alpha value is -1.13. The van der Waals surface area contributed by atoms with Gasteiger partial charge >= 0.3 is 0 Å². The van der Waals surface area contributed by atoms with Gasteiger partial charge in [-0.05, 0) is 44.2 Å². The third-order valence-corrected chi connectivity index (χ3v) is 3.88. The van der Waals surface area contributed by atoms with Crippen molar-refractivity contribution in [3.05, 3.63) is 23.9 Å². The van der Waals surface area contributed by atoms with Crippen molar-refractivity contribution in [3.63, 3.8) is 0 Å². The first-order valence-corrected chi connectivity index (χ1v) is 7.20. The van der Waals surface area contributed by atoms with Gasteiger partial charge in [0.15, 0.2) is 0 Å². The van der Waals surface area contributed by atoms with Crippen LogP contribution in [-0.4, -0.2) is 36.7 Å². The number of aromatic nitrogens is 1. The lowest BCUT2D eigenvalue weighted by Gasteiger charge is -2.33. The normalized spacial score (nSPS) is 20.6. The summed E-state index contributed by atoms with van der Waals surface area (Å²) in [5, 5.41) is 0. The number of nitrogens with two attached hydrogens (primary N) is 1. The molecule has 4 heteroatoms. The number of pyridine rings is 1. The first-order valence-electron chi connectivity index (χ1n) is 7.20. The molecule has 0 spiro atoms. The third-order valence-electron chi connectivity index (χ3n) is 3.88. The molecular formula is C15H25N3O. The zero-order valence-electron chi connectivity index (χ0n) is 11.8. The Kier molecular flexibility index (Phi) is 5.61. The molecule has 0 aliphatic carbocycles. The zero-order valence-corrected chi connectivity index (χ0v) is 11.8. The number of anilines is 1. The van der Waals surface area contributed by atoms with Crippen LogP contribution in [0.3, 0.4) is 0 Å². The Morgan fingerprint density at radius 2 is 2.42 bits per heavy atom. The van der Waals surface area contributed by atoms with Crippen LogP contribution in [0.5, 0.6) is 0 Å². The smallest absolute Gasteiger partial charge is 0.127 e. The molecule has 0 saturated carbocycles. The van der Waals surface area contributed by atoms with Crippen molar-refractivity contribution in [2.45, 2.75) is 32.2 Å². The van der Waals surface area contributed by atoms with Crippen molar-refractivity contribution in [2.75, 3.05) is 32.5 Å². The maximum Gasteiger partial charge on any atom is 0.127 e. The fourth-order valence-electron chi connectivity index (χ4n) is 2.87. The van der Waals surface area contributed by atoms with Crippen molar-refractivity contribution >= 4 is 5.82 Å². The Labute approximate surface area is 116 Å². The van der Waals surface area contributed by atoms with Crippen LogP contribution in [0.15, 0.2) is 18.3 Å². The van der Waals surface area contributed by atoms with E-state index >= 15 is 0 Å². The van der Waals surface area contributed by atoms with Crippen molar-refractivity contribution in [1.29, 1.82) is 0 Å². The highest BCUT2D eigenvalue weighted by Crippen LogP contribution is 2.23. The molecule has 0 amide bonds. The van der Waals surface area contributed by atoms with Crippen molar-refractivity contribution in [3.8, 4) is 0 Å². The highest BCUT2D eigenvalue weighted by Gasteiger charge is 2.20. The molecule has 1 aliphatic rings. The number of rotatable bonds is 6. The number of methoxy groups -OCH3 is 1. The number of hydrogen-bond acceptors (Lipinski definition) is 4. The topological polar surface area (TPSA) is 51.4 Å². The van der Waals surface area contributed by atoms with E-state index in [1.54, 1.807) is 13.3 Å². The predicted molar refractivity (Wildman–Crippen MR) is 77.8 cm³/mol. The van der Waals surface area contributed by atoms with Gasteiger partial charge in [0, 0.05) is 38.6 Å². The molecule has 0 radical (unpaired) electrons. The van der Waals surface area contributed by atoms with E-state index in [0.717, 1.165) is 24.6 Å². The summed E-state index contributed by atoms with van der Waals surface area (Å²) >= 11 is 0. The largest absolute Gasteiger partial charge is 0.385 e. The number of hydrogen-bond donors (Lipinski definition) is 1. The highest BCUT2D eigenvalue weighted by atomic mass is 16.5. The molecule has 1 aliphatic heterocycles. The molecule has 0 bridgehead atoms. The van der Waals surface area contributed by atoms with Crippen LogP contribution >= 0.6 is 0 Å². The number of ether oxygens (including phenoxy) is 1. The lowest BCUT2D eigenvalue weighted by Crippen LogP contribution is -2.35. The number of likely N-dealkylation sites (tertiary alicyclic amines) is 1. The summed E-state index contributed by atoms with van der Waals surface area (Å²) in [6.45, 7) is 4.17. The van der Waals surface area contributed by atoms with Crippen molar-refractivity contribution in [2.24, 2.45) is 5.92 Å². The summed E-state index contributed by atoms with van der Waals surface area (Å²) in [5.74, 6) is 1.48. The summed E-state index contributed by atoms with van der Waals surface area (Å²) in [7, 11) is 1.78. The van der Waals surface area contributed by atoms with E-state index in [0.29, 0.717) is 5.82 Å². The van der Waals surface area contributed by atoms with E-state index < -0.39 is 0 Å². The number of piperidine rings is 1. The molecule has 2 rings (SSSR count). The molecule has 4 nitrogen and oxygen atoms in total. The van der Waals surface area contributed by atoms with Crippen LogP contribution < -0.4 is 5.73 Å². The standard InChI is InChI=1S/C15H25N3O/c1-19-10-4-6-13-5-3-9-18(11-13)12-14-7-2-8-17-15(14)16/h2,7-8,13H,3-6,9-12H2,1H3,(H2,16,17). The maximum absolute atomic E-state index is 5.92. The average Bonchev–Trinajstić information content (AvgIpc) is 2.42. The monoisotopic (exact) mass is 263 g/mol. The number of nitrogens with zero attached hydrogens (tertiary/aromatic N) is 2. The summed E-state index contributed by atoms with van der Waals surface area (Å²) < 4.78 is 5.13. The minimum Gasteiger partial charge on any atom is -0.385 e. The highest BCUT2D eigenvalue weighted by molar-refractivity contribution is 5.38. The maximum atomic E-state index is 5.92. The molecule has 2 N–H and O–H groups in total. The fraction of sp³-hybridized carbons (Fsp3) is 0.667. The Balaban J connectivity index is 1.82.